The summed E-state index contributed by atoms with van der Waals surface area (Å²) in [4.78, 5) is 10.3. The standard InChI is InChI=1S/C9H12N2O4S/c10-5-8(12)6-16(15)9-3-1-7(2-4-9)11(13)14/h1-4,8,12H,5-6,10H2. The summed E-state index contributed by atoms with van der Waals surface area (Å²) >= 11 is 0. The molecule has 0 bridgehead atoms. The molecule has 0 aromatic heterocycles. The molecule has 3 N–H and O–H groups in total. The fourth-order valence-corrected chi connectivity index (χ4v) is 2.18. The van der Waals surface area contributed by atoms with E-state index in [4.69, 9.17) is 5.73 Å². The number of non-ortho nitro benzene ring substituents is 1. The lowest BCUT2D eigenvalue weighted by Gasteiger charge is -2.06. The molecule has 6 nitrogen and oxygen atoms in total. The third-order valence-electron chi connectivity index (χ3n) is 1.93. The normalized spacial score (nSPS) is 14.4. The van der Waals surface area contributed by atoms with Crippen molar-refractivity contribution < 1.29 is 14.2 Å². The van der Waals surface area contributed by atoms with E-state index in [1.807, 2.05) is 0 Å². The molecule has 0 aliphatic heterocycles. The number of benzene rings is 1. The molecule has 1 aromatic rings. The summed E-state index contributed by atoms with van der Waals surface area (Å²) < 4.78 is 11.6. The van der Waals surface area contributed by atoms with Gasteiger partial charge in [0.15, 0.2) is 0 Å². The molecule has 88 valence electrons. The van der Waals surface area contributed by atoms with Gasteiger partial charge < -0.3 is 10.8 Å². The highest BCUT2D eigenvalue weighted by Crippen LogP contribution is 2.14. The van der Waals surface area contributed by atoms with Crippen molar-refractivity contribution >= 4 is 16.5 Å². The van der Waals surface area contributed by atoms with Crippen LogP contribution in [-0.4, -0.2) is 32.6 Å². The summed E-state index contributed by atoms with van der Waals surface area (Å²) in [5.74, 6) is 0.0360. The molecule has 0 amide bonds. The number of nitro groups is 1. The average Bonchev–Trinajstić information content (AvgIpc) is 2.28. The molecule has 7 heteroatoms. The lowest BCUT2D eigenvalue weighted by atomic mass is 10.3. The highest BCUT2D eigenvalue weighted by Gasteiger charge is 2.11. The molecule has 0 fully saturated rings. The highest BCUT2D eigenvalue weighted by molar-refractivity contribution is 7.85. The van der Waals surface area contributed by atoms with Crippen LogP contribution in [0.1, 0.15) is 0 Å². The smallest absolute Gasteiger partial charge is 0.269 e. The van der Waals surface area contributed by atoms with Crippen LogP contribution in [0.5, 0.6) is 0 Å². The fraction of sp³-hybridized carbons (Fsp3) is 0.333. The van der Waals surface area contributed by atoms with Crippen molar-refractivity contribution in [2.24, 2.45) is 5.73 Å². The van der Waals surface area contributed by atoms with Gasteiger partial charge in [0.05, 0.1) is 27.6 Å². The maximum Gasteiger partial charge on any atom is 0.269 e. The minimum atomic E-state index is -1.39. The summed E-state index contributed by atoms with van der Waals surface area (Å²) in [5, 5.41) is 19.6. The van der Waals surface area contributed by atoms with Gasteiger partial charge in [0.2, 0.25) is 0 Å². The molecule has 16 heavy (non-hydrogen) atoms. The van der Waals surface area contributed by atoms with Crippen LogP contribution in [0.3, 0.4) is 0 Å². The summed E-state index contributed by atoms with van der Waals surface area (Å²) in [7, 11) is -1.39. The van der Waals surface area contributed by atoms with Gasteiger partial charge in [-0.25, -0.2) is 0 Å². The Hall–Kier alpha value is -1.31. The maximum atomic E-state index is 11.6. The SMILES string of the molecule is NCC(O)CS(=O)c1ccc([N+](=O)[O-])cc1. The number of aliphatic hydroxyl groups is 1. The van der Waals surface area contributed by atoms with Gasteiger partial charge in [-0.2, -0.15) is 0 Å². The van der Waals surface area contributed by atoms with Crippen LogP contribution >= 0.6 is 0 Å². The second kappa shape index (κ2) is 5.69. The number of nitrogens with two attached hydrogens (primary N) is 1. The zero-order chi connectivity index (χ0) is 12.1. The van der Waals surface area contributed by atoms with Gasteiger partial charge in [0.25, 0.3) is 5.69 Å². The molecule has 0 saturated carbocycles. The lowest BCUT2D eigenvalue weighted by Crippen LogP contribution is -2.25. The molecule has 2 unspecified atom stereocenters. The minimum absolute atomic E-state index is 0.0360. The van der Waals surface area contributed by atoms with Gasteiger partial charge in [-0.1, -0.05) is 0 Å². The minimum Gasteiger partial charge on any atom is -0.391 e. The predicted octanol–water partition coefficient (Wildman–Crippen LogP) is 0.0220. The van der Waals surface area contributed by atoms with E-state index < -0.39 is 21.8 Å². The number of hydrogen-bond acceptors (Lipinski definition) is 5. The van der Waals surface area contributed by atoms with E-state index in [0.717, 1.165) is 0 Å². The van der Waals surface area contributed by atoms with Crippen molar-refractivity contribution in [3.63, 3.8) is 0 Å². The number of rotatable bonds is 5. The number of hydrogen-bond donors (Lipinski definition) is 2. The highest BCUT2D eigenvalue weighted by atomic mass is 32.2. The van der Waals surface area contributed by atoms with Gasteiger partial charge in [-0.05, 0) is 12.1 Å². The van der Waals surface area contributed by atoms with Gasteiger partial charge in [0, 0.05) is 23.6 Å². The molecular weight excluding hydrogens is 232 g/mol. The third-order valence-corrected chi connectivity index (χ3v) is 3.41. The second-order valence-corrected chi connectivity index (χ2v) is 4.65. The largest absolute Gasteiger partial charge is 0.391 e. The first-order valence-electron chi connectivity index (χ1n) is 4.55. The Morgan fingerprint density at radius 2 is 2.00 bits per heavy atom. The van der Waals surface area contributed by atoms with Crippen molar-refractivity contribution in [2.45, 2.75) is 11.0 Å². The number of nitrogens with zero attached hydrogens (tertiary/aromatic N) is 1. The Labute approximate surface area is 94.7 Å². The van der Waals surface area contributed by atoms with Gasteiger partial charge >= 0.3 is 0 Å². The van der Waals surface area contributed by atoms with E-state index in [1.165, 1.54) is 24.3 Å². The van der Waals surface area contributed by atoms with Crippen molar-refractivity contribution in [3.8, 4) is 0 Å². The van der Waals surface area contributed by atoms with Gasteiger partial charge in [0.1, 0.15) is 0 Å². The van der Waals surface area contributed by atoms with Crippen LogP contribution < -0.4 is 5.73 Å². The molecule has 1 rings (SSSR count). The molecule has 0 aliphatic carbocycles. The Kier molecular flexibility index (Phi) is 4.53. The molecule has 1 aromatic carbocycles. The van der Waals surface area contributed by atoms with E-state index in [-0.39, 0.29) is 18.0 Å². The zero-order valence-electron chi connectivity index (χ0n) is 8.41. The summed E-state index contributed by atoms with van der Waals surface area (Å²) in [6.45, 7) is 0.0404. The Bertz CT molecular complexity index is 393. The molecule has 0 heterocycles. The summed E-state index contributed by atoms with van der Waals surface area (Å²) in [6.07, 6.45) is -0.823. The maximum absolute atomic E-state index is 11.6. The monoisotopic (exact) mass is 244 g/mol. The first kappa shape index (κ1) is 12.8. The van der Waals surface area contributed by atoms with Crippen molar-refractivity contribution in [2.75, 3.05) is 12.3 Å². The van der Waals surface area contributed by atoms with Crippen molar-refractivity contribution in [1.82, 2.24) is 0 Å². The van der Waals surface area contributed by atoms with Crippen LogP contribution in [0.2, 0.25) is 0 Å². The number of nitro benzene ring substituents is 1. The van der Waals surface area contributed by atoms with Crippen LogP contribution in [0.4, 0.5) is 5.69 Å². The van der Waals surface area contributed by atoms with Crippen LogP contribution in [0, 0.1) is 10.1 Å². The van der Waals surface area contributed by atoms with E-state index in [0.29, 0.717) is 4.90 Å². The molecule has 0 spiro atoms. The number of aliphatic hydroxyl groups excluding tert-OH is 1. The van der Waals surface area contributed by atoms with Crippen LogP contribution in [0.25, 0.3) is 0 Å². The van der Waals surface area contributed by atoms with Gasteiger partial charge in [-0.3, -0.25) is 14.3 Å². The zero-order valence-corrected chi connectivity index (χ0v) is 9.22. The first-order chi connectivity index (χ1) is 7.54. The Balaban J connectivity index is 2.74. The fourth-order valence-electron chi connectivity index (χ4n) is 1.06. The topological polar surface area (TPSA) is 106 Å². The summed E-state index contributed by atoms with van der Waals surface area (Å²) in [6, 6.07) is 5.39. The molecule has 2 atom stereocenters. The second-order valence-electron chi connectivity index (χ2n) is 3.15. The molecule has 0 radical (unpaired) electrons. The Morgan fingerprint density at radius 3 is 2.44 bits per heavy atom. The first-order valence-corrected chi connectivity index (χ1v) is 5.87. The van der Waals surface area contributed by atoms with E-state index >= 15 is 0 Å². The van der Waals surface area contributed by atoms with Crippen molar-refractivity contribution in [1.29, 1.82) is 0 Å². The van der Waals surface area contributed by atoms with Crippen molar-refractivity contribution in [3.05, 3.63) is 34.4 Å². The van der Waals surface area contributed by atoms with E-state index in [1.54, 1.807) is 0 Å². The van der Waals surface area contributed by atoms with E-state index in [2.05, 4.69) is 0 Å². The molecule has 0 saturated heterocycles. The average molecular weight is 244 g/mol. The van der Waals surface area contributed by atoms with E-state index in [9.17, 15) is 19.4 Å². The van der Waals surface area contributed by atoms with Crippen LogP contribution in [0.15, 0.2) is 29.2 Å². The quantitative estimate of drug-likeness (QED) is 0.561. The molecule has 0 aliphatic rings. The van der Waals surface area contributed by atoms with Gasteiger partial charge in [-0.15, -0.1) is 0 Å². The molecular formula is C9H12N2O4S. The summed E-state index contributed by atoms with van der Waals surface area (Å²) in [5.41, 5.74) is 5.13. The lowest BCUT2D eigenvalue weighted by molar-refractivity contribution is -0.384. The predicted molar refractivity (Wildman–Crippen MR) is 59.4 cm³/mol. The third kappa shape index (κ3) is 3.37. The van der Waals surface area contributed by atoms with Crippen LogP contribution in [-0.2, 0) is 10.8 Å². The Morgan fingerprint density at radius 1 is 1.44 bits per heavy atom.